The van der Waals surface area contributed by atoms with E-state index in [2.05, 4.69) is 25.6 Å². The van der Waals surface area contributed by atoms with Crippen molar-refractivity contribution in [1.82, 2.24) is 39.9 Å². The van der Waals surface area contributed by atoms with Crippen molar-refractivity contribution in [3.8, 4) is 11.4 Å². The molecule has 0 fully saturated rings. The molecule has 170 valence electrons. The fraction of sp³-hybridized carbons (Fsp3) is 0.238. The lowest BCUT2D eigenvalue weighted by Crippen LogP contribution is -2.36. The number of hydrazine groups is 1. The first kappa shape index (κ1) is 21.0. The molecule has 0 bridgehead atoms. The minimum atomic E-state index is -0.468. The molecule has 1 unspecified atom stereocenters. The van der Waals surface area contributed by atoms with Gasteiger partial charge in [0.05, 0.1) is 18.0 Å². The van der Waals surface area contributed by atoms with Crippen LogP contribution in [0.25, 0.3) is 22.6 Å². The highest BCUT2D eigenvalue weighted by atomic mass is 35.5. The van der Waals surface area contributed by atoms with Crippen LogP contribution in [0.4, 0.5) is 0 Å². The predicted molar refractivity (Wildman–Crippen MR) is 122 cm³/mol. The van der Waals surface area contributed by atoms with E-state index in [0.29, 0.717) is 23.0 Å². The van der Waals surface area contributed by atoms with E-state index >= 15 is 0 Å². The SMILES string of the molecule is CCCCn1c(=O)[nH]c2nc(-c3cnn(C(c4ccc(Cl)cc4)N4C=CON4)c3)[nH]c2c1=O. The lowest BCUT2D eigenvalue weighted by molar-refractivity contribution is -0.00154. The molecule has 4 heterocycles. The number of hydrogen-bond donors (Lipinski definition) is 3. The Balaban J connectivity index is 1.53. The van der Waals surface area contributed by atoms with Gasteiger partial charge in [0, 0.05) is 17.8 Å². The van der Waals surface area contributed by atoms with Crippen LogP contribution in [0.15, 0.2) is 58.7 Å². The molecule has 1 atom stereocenters. The molecule has 5 rings (SSSR count). The molecule has 0 aliphatic carbocycles. The first-order valence-electron chi connectivity index (χ1n) is 10.4. The normalized spacial score (nSPS) is 14.2. The summed E-state index contributed by atoms with van der Waals surface area (Å²) in [6.45, 7) is 2.36. The maximum absolute atomic E-state index is 12.8. The van der Waals surface area contributed by atoms with Crippen LogP contribution < -0.4 is 16.8 Å². The molecular formula is C21H21ClN8O3. The highest BCUT2D eigenvalue weighted by Crippen LogP contribution is 2.26. The number of H-pyrrole nitrogens is 2. The summed E-state index contributed by atoms with van der Waals surface area (Å²) in [6.07, 6.45) is 7.91. The van der Waals surface area contributed by atoms with E-state index in [1.807, 2.05) is 19.1 Å². The molecule has 0 spiro atoms. The predicted octanol–water partition coefficient (Wildman–Crippen LogP) is 2.50. The summed E-state index contributed by atoms with van der Waals surface area (Å²) >= 11 is 6.05. The Morgan fingerprint density at radius 2 is 2.00 bits per heavy atom. The van der Waals surface area contributed by atoms with E-state index in [1.165, 1.54) is 10.8 Å². The van der Waals surface area contributed by atoms with Gasteiger partial charge in [0.25, 0.3) is 5.56 Å². The summed E-state index contributed by atoms with van der Waals surface area (Å²) in [5.74, 6) is 0.424. The van der Waals surface area contributed by atoms with Gasteiger partial charge in [0.1, 0.15) is 17.6 Å². The van der Waals surface area contributed by atoms with E-state index in [-0.39, 0.29) is 17.3 Å². The molecule has 1 aromatic carbocycles. The molecule has 0 amide bonds. The Kier molecular flexibility index (Phi) is 5.48. The number of nitrogens with zero attached hydrogens (tertiary/aromatic N) is 5. The van der Waals surface area contributed by atoms with Crippen LogP contribution in [0.2, 0.25) is 5.02 Å². The van der Waals surface area contributed by atoms with Gasteiger partial charge in [-0.1, -0.05) is 42.7 Å². The van der Waals surface area contributed by atoms with Crippen molar-refractivity contribution in [3.63, 3.8) is 0 Å². The van der Waals surface area contributed by atoms with Crippen LogP contribution in [-0.2, 0) is 11.4 Å². The topological polar surface area (TPSA) is 126 Å². The maximum Gasteiger partial charge on any atom is 0.330 e. The molecule has 33 heavy (non-hydrogen) atoms. The van der Waals surface area contributed by atoms with E-state index in [4.69, 9.17) is 16.4 Å². The van der Waals surface area contributed by atoms with Crippen molar-refractivity contribution in [2.24, 2.45) is 0 Å². The first-order valence-corrected chi connectivity index (χ1v) is 10.8. The van der Waals surface area contributed by atoms with Gasteiger partial charge in [-0.25, -0.2) is 14.5 Å². The highest BCUT2D eigenvalue weighted by Gasteiger charge is 2.24. The van der Waals surface area contributed by atoms with Crippen molar-refractivity contribution in [2.45, 2.75) is 32.5 Å². The number of aromatic amines is 2. The van der Waals surface area contributed by atoms with Crippen LogP contribution in [0.3, 0.4) is 0 Å². The standard InChI is InChI=1S/C21H21ClN8O3/c1-2-3-8-28-20(31)16-18(26-21(28)32)25-17(24-16)14-11-23-30(12-14)19(29-9-10-33-27-29)13-4-6-15(22)7-5-13/h4-7,9-12,19,27H,2-3,8H2,1H3,(H,24,25)(H,26,32). The van der Waals surface area contributed by atoms with E-state index in [0.717, 1.165) is 18.4 Å². The number of benzene rings is 1. The number of aromatic nitrogens is 6. The second-order valence-electron chi connectivity index (χ2n) is 7.59. The zero-order chi connectivity index (χ0) is 22.9. The second kappa shape index (κ2) is 8.60. The molecule has 0 saturated heterocycles. The molecule has 3 N–H and O–H groups in total. The van der Waals surface area contributed by atoms with Crippen molar-refractivity contribution < 1.29 is 4.84 Å². The van der Waals surface area contributed by atoms with Gasteiger partial charge >= 0.3 is 5.69 Å². The summed E-state index contributed by atoms with van der Waals surface area (Å²) in [4.78, 5) is 40.4. The van der Waals surface area contributed by atoms with E-state index < -0.39 is 11.2 Å². The summed E-state index contributed by atoms with van der Waals surface area (Å²) in [5.41, 5.74) is 3.96. The fourth-order valence-electron chi connectivity index (χ4n) is 3.69. The Morgan fingerprint density at radius 1 is 1.18 bits per heavy atom. The second-order valence-corrected chi connectivity index (χ2v) is 8.02. The zero-order valence-electron chi connectivity index (χ0n) is 17.7. The Morgan fingerprint density at radius 3 is 2.73 bits per heavy atom. The highest BCUT2D eigenvalue weighted by molar-refractivity contribution is 6.30. The summed E-state index contributed by atoms with van der Waals surface area (Å²) in [6, 6.07) is 7.39. The van der Waals surface area contributed by atoms with Crippen molar-refractivity contribution in [2.75, 3.05) is 0 Å². The number of nitrogens with one attached hydrogen (secondary N) is 3. The van der Waals surface area contributed by atoms with Crippen LogP contribution >= 0.6 is 11.6 Å². The lowest BCUT2D eigenvalue weighted by Gasteiger charge is -2.26. The largest absolute Gasteiger partial charge is 0.395 e. The summed E-state index contributed by atoms with van der Waals surface area (Å²) in [5, 5.41) is 6.87. The molecule has 12 heteroatoms. The minimum absolute atomic E-state index is 0.215. The number of fused-ring (bicyclic) bond motifs is 1. The van der Waals surface area contributed by atoms with Gasteiger partial charge < -0.3 is 9.82 Å². The molecule has 4 aromatic rings. The van der Waals surface area contributed by atoms with Crippen LogP contribution in [0.1, 0.15) is 31.5 Å². The molecule has 0 radical (unpaired) electrons. The molecule has 1 aliphatic heterocycles. The number of rotatable bonds is 7. The molecule has 3 aromatic heterocycles. The Hall–Kier alpha value is -3.83. The van der Waals surface area contributed by atoms with E-state index in [1.54, 1.807) is 40.4 Å². The number of halogens is 1. The van der Waals surface area contributed by atoms with Gasteiger partial charge in [-0.3, -0.25) is 19.4 Å². The zero-order valence-corrected chi connectivity index (χ0v) is 18.4. The van der Waals surface area contributed by atoms with Crippen molar-refractivity contribution in [3.05, 3.63) is 80.5 Å². The monoisotopic (exact) mass is 468 g/mol. The van der Waals surface area contributed by atoms with Gasteiger partial charge in [-0.2, -0.15) is 5.10 Å². The first-order chi connectivity index (χ1) is 16.0. The number of imidazole rings is 1. The summed E-state index contributed by atoms with van der Waals surface area (Å²) in [7, 11) is 0. The fourth-order valence-corrected chi connectivity index (χ4v) is 3.82. The van der Waals surface area contributed by atoms with Gasteiger partial charge in [-0.15, -0.1) is 0 Å². The molecule has 1 aliphatic rings. The molecular weight excluding hydrogens is 448 g/mol. The van der Waals surface area contributed by atoms with Crippen LogP contribution in [-0.4, -0.2) is 34.3 Å². The summed E-state index contributed by atoms with van der Waals surface area (Å²) < 4.78 is 2.92. The van der Waals surface area contributed by atoms with Gasteiger partial charge in [-0.05, 0) is 24.1 Å². The average molecular weight is 469 g/mol. The van der Waals surface area contributed by atoms with Crippen LogP contribution in [0.5, 0.6) is 0 Å². The van der Waals surface area contributed by atoms with Crippen molar-refractivity contribution in [1.29, 1.82) is 0 Å². The minimum Gasteiger partial charge on any atom is -0.395 e. The third-order valence-corrected chi connectivity index (χ3v) is 5.63. The smallest absolute Gasteiger partial charge is 0.330 e. The van der Waals surface area contributed by atoms with Gasteiger partial charge in [0.2, 0.25) is 0 Å². The third kappa shape index (κ3) is 3.92. The lowest BCUT2D eigenvalue weighted by atomic mass is 10.1. The third-order valence-electron chi connectivity index (χ3n) is 5.37. The molecule has 11 nitrogen and oxygen atoms in total. The Bertz CT molecular complexity index is 1430. The van der Waals surface area contributed by atoms with Gasteiger partial charge in [0.15, 0.2) is 11.8 Å². The van der Waals surface area contributed by atoms with E-state index in [9.17, 15) is 9.59 Å². The average Bonchev–Trinajstić information content (AvgIpc) is 3.56. The molecule has 0 saturated carbocycles. The maximum atomic E-state index is 12.8. The van der Waals surface area contributed by atoms with Crippen molar-refractivity contribution >= 4 is 22.8 Å². The number of unbranched alkanes of at least 4 members (excludes halogenated alkanes) is 1. The van der Waals surface area contributed by atoms with Crippen LogP contribution in [0, 0.1) is 0 Å². The Labute approximate surface area is 192 Å². The quantitative estimate of drug-likeness (QED) is 0.380. The number of hydrogen-bond acceptors (Lipinski definition) is 7.